The molecule has 44 heavy (non-hydrogen) atoms. The summed E-state index contributed by atoms with van der Waals surface area (Å²) in [7, 11) is 2.67. The normalized spacial score (nSPS) is 10.9. The van der Waals surface area contributed by atoms with E-state index in [1.165, 1.54) is 38.1 Å². The van der Waals surface area contributed by atoms with Crippen molar-refractivity contribution in [3.8, 4) is 22.9 Å². The van der Waals surface area contributed by atoms with E-state index in [0.717, 1.165) is 41.3 Å². The molecule has 0 bridgehead atoms. The monoisotopic (exact) mass is 609 g/mol. The molecule has 228 valence electrons. The van der Waals surface area contributed by atoms with Crippen LogP contribution in [0.25, 0.3) is 11.1 Å². The van der Waals surface area contributed by atoms with Crippen LogP contribution in [0.2, 0.25) is 0 Å². The first-order chi connectivity index (χ1) is 20.5. The standard InChI is InChI=1S/C30H26F3N5O6/c1-5-37(3)28(42)20-13-25(40)22(26(35)27(41)36-24-9-6-16(14-34)10-21(24)29(43)44)12-19(20)18-8-7-17(38(4)15(2)39)11-23(18)30(31,32)33/h6-13,35,40H,5H2,1-4H3,(H,36,41)(H,43,44). The number of phenolic OH excluding ortho intramolecular Hbond substituents is 1. The predicted octanol–water partition coefficient (Wildman–Crippen LogP) is 4.73. The van der Waals surface area contributed by atoms with Crippen molar-refractivity contribution in [2.75, 3.05) is 30.9 Å². The molecule has 3 amide bonds. The third-order valence-corrected chi connectivity index (χ3v) is 6.77. The van der Waals surface area contributed by atoms with Gasteiger partial charge in [-0.25, -0.2) is 4.79 Å². The fourth-order valence-electron chi connectivity index (χ4n) is 4.14. The average molecular weight is 610 g/mol. The molecule has 0 aliphatic heterocycles. The zero-order valence-electron chi connectivity index (χ0n) is 23.8. The highest BCUT2D eigenvalue weighted by Crippen LogP contribution is 2.42. The topological polar surface area (TPSA) is 175 Å². The van der Waals surface area contributed by atoms with E-state index in [1.54, 1.807) is 13.0 Å². The molecular formula is C30H26F3N5O6. The van der Waals surface area contributed by atoms with Crippen LogP contribution < -0.4 is 10.2 Å². The van der Waals surface area contributed by atoms with Crippen molar-refractivity contribution in [3.63, 3.8) is 0 Å². The highest BCUT2D eigenvalue weighted by molar-refractivity contribution is 6.48. The Morgan fingerprint density at radius 3 is 2.18 bits per heavy atom. The summed E-state index contributed by atoms with van der Waals surface area (Å²) in [6, 6.07) is 9.82. The van der Waals surface area contributed by atoms with Gasteiger partial charge in [-0.15, -0.1) is 0 Å². The number of nitriles is 1. The van der Waals surface area contributed by atoms with E-state index < -0.39 is 63.6 Å². The molecule has 0 unspecified atom stereocenters. The Kier molecular flexibility index (Phi) is 9.44. The molecular weight excluding hydrogens is 583 g/mol. The van der Waals surface area contributed by atoms with Gasteiger partial charge >= 0.3 is 12.1 Å². The highest BCUT2D eigenvalue weighted by atomic mass is 19.4. The van der Waals surface area contributed by atoms with E-state index in [9.17, 15) is 42.6 Å². The third kappa shape index (κ3) is 6.67. The molecule has 11 nitrogen and oxygen atoms in total. The molecule has 14 heteroatoms. The number of halogens is 3. The quantitative estimate of drug-likeness (QED) is 0.267. The predicted molar refractivity (Wildman–Crippen MR) is 154 cm³/mol. The first-order valence-electron chi connectivity index (χ1n) is 12.8. The van der Waals surface area contributed by atoms with Crippen LogP contribution in [0.5, 0.6) is 5.75 Å². The maximum atomic E-state index is 14.4. The van der Waals surface area contributed by atoms with Crippen molar-refractivity contribution in [2.45, 2.75) is 20.0 Å². The van der Waals surface area contributed by atoms with E-state index in [1.807, 2.05) is 0 Å². The molecule has 0 saturated heterocycles. The number of carbonyl (C=O) groups excluding carboxylic acids is 3. The van der Waals surface area contributed by atoms with Gasteiger partial charge in [0.1, 0.15) is 11.5 Å². The summed E-state index contributed by atoms with van der Waals surface area (Å²) in [4.78, 5) is 51.9. The Balaban J connectivity index is 2.24. The number of carboxylic acid groups (broad SMARTS) is 1. The number of carboxylic acids is 1. The van der Waals surface area contributed by atoms with E-state index >= 15 is 0 Å². The largest absolute Gasteiger partial charge is 0.507 e. The van der Waals surface area contributed by atoms with Crippen LogP contribution in [0.15, 0.2) is 48.5 Å². The summed E-state index contributed by atoms with van der Waals surface area (Å²) in [5.74, 6) is -4.80. The van der Waals surface area contributed by atoms with Gasteiger partial charge < -0.3 is 25.3 Å². The summed E-state index contributed by atoms with van der Waals surface area (Å²) in [6.45, 7) is 2.94. The minimum atomic E-state index is -4.98. The Labute approximate surface area is 249 Å². The van der Waals surface area contributed by atoms with Gasteiger partial charge in [-0.2, -0.15) is 18.4 Å². The van der Waals surface area contributed by atoms with Crippen molar-refractivity contribution in [1.82, 2.24) is 4.90 Å². The van der Waals surface area contributed by atoms with Crippen molar-refractivity contribution < 1.29 is 42.6 Å². The number of hydrogen-bond acceptors (Lipinski definition) is 7. The number of nitrogens with zero attached hydrogens (tertiary/aromatic N) is 3. The van der Waals surface area contributed by atoms with E-state index in [-0.39, 0.29) is 34.6 Å². The number of benzene rings is 3. The molecule has 3 rings (SSSR count). The second-order valence-corrected chi connectivity index (χ2v) is 9.55. The van der Waals surface area contributed by atoms with Gasteiger partial charge in [-0.3, -0.25) is 19.8 Å². The number of alkyl halides is 3. The third-order valence-electron chi connectivity index (χ3n) is 6.77. The van der Waals surface area contributed by atoms with E-state index in [0.29, 0.717) is 0 Å². The van der Waals surface area contributed by atoms with Crippen LogP contribution in [0.4, 0.5) is 24.5 Å². The van der Waals surface area contributed by atoms with Crippen molar-refractivity contribution in [2.24, 2.45) is 0 Å². The summed E-state index contributed by atoms with van der Waals surface area (Å²) in [6.07, 6.45) is -4.98. The second kappa shape index (κ2) is 12.7. The molecule has 0 aromatic heterocycles. The number of aromatic hydroxyl groups is 1. The fourth-order valence-corrected chi connectivity index (χ4v) is 4.14. The van der Waals surface area contributed by atoms with Crippen LogP contribution in [0.1, 0.15) is 51.3 Å². The SMILES string of the molecule is CCN(C)C(=O)c1cc(O)c(C(=N)C(=O)Nc2ccc(C#N)cc2C(=O)O)cc1-c1ccc(N(C)C(C)=O)cc1C(F)(F)F. The lowest BCUT2D eigenvalue weighted by atomic mass is 9.90. The van der Waals surface area contributed by atoms with Crippen molar-refractivity contribution >= 4 is 40.8 Å². The second-order valence-electron chi connectivity index (χ2n) is 9.55. The summed E-state index contributed by atoms with van der Waals surface area (Å²) >= 11 is 0. The Morgan fingerprint density at radius 2 is 1.64 bits per heavy atom. The summed E-state index contributed by atoms with van der Waals surface area (Å²) < 4.78 is 43.1. The molecule has 0 saturated carbocycles. The zero-order valence-corrected chi connectivity index (χ0v) is 23.8. The minimum Gasteiger partial charge on any atom is -0.507 e. The molecule has 0 aliphatic rings. The van der Waals surface area contributed by atoms with Gasteiger partial charge in [0.15, 0.2) is 0 Å². The van der Waals surface area contributed by atoms with Crippen LogP contribution in [-0.2, 0) is 15.8 Å². The van der Waals surface area contributed by atoms with Gasteiger partial charge in [-0.1, -0.05) is 6.07 Å². The van der Waals surface area contributed by atoms with Crippen LogP contribution in [0, 0.1) is 16.7 Å². The maximum Gasteiger partial charge on any atom is 0.417 e. The molecule has 3 aromatic rings. The number of phenols is 1. The molecule has 0 fully saturated rings. The van der Waals surface area contributed by atoms with Crippen molar-refractivity contribution in [1.29, 1.82) is 10.7 Å². The van der Waals surface area contributed by atoms with Gasteiger partial charge in [0.25, 0.3) is 11.8 Å². The average Bonchev–Trinajstić information content (AvgIpc) is 2.98. The molecule has 0 aliphatic carbocycles. The van der Waals surface area contributed by atoms with Gasteiger partial charge in [0.05, 0.1) is 34.0 Å². The van der Waals surface area contributed by atoms with Gasteiger partial charge in [0.2, 0.25) is 5.91 Å². The molecule has 0 atom stereocenters. The van der Waals surface area contributed by atoms with Crippen molar-refractivity contribution in [3.05, 3.63) is 76.3 Å². The number of anilines is 2. The number of nitrogens with one attached hydrogen (secondary N) is 2. The number of rotatable bonds is 8. The van der Waals surface area contributed by atoms with E-state index in [4.69, 9.17) is 10.7 Å². The smallest absolute Gasteiger partial charge is 0.417 e. The lowest BCUT2D eigenvalue weighted by Crippen LogP contribution is -2.28. The zero-order chi connectivity index (χ0) is 33.1. The molecule has 0 spiro atoms. The Morgan fingerprint density at radius 1 is 0.977 bits per heavy atom. The molecule has 0 heterocycles. The lowest BCUT2D eigenvalue weighted by Gasteiger charge is -2.23. The number of hydrogen-bond donors (Lipinski definition) is 4. The lowest BCUT2D eigenvalue weighted by molar-refractivity contribution is -0.137. The Hall–Kier alpha value is -5.71. The Bertz CT molecular complexity index is 1750. The van der Waals surface area contributed by atoms with Crippen LogP contribution in [0.3, 0.4) is 0 Å². The molecule has 4 N–H and O–H groups in total. The number of carbonyl (C=O) groups is 4. The number of aromatic carboxylic acids is 1. The highest BCUT2D eigenvalue weighted by Gasteiger charge is 2.36. The minimum absolute atomic E-state index is 0.0175. The van der Waals surface area contributed by atoms with E-state index in [2.05, 4.69) is 5.32 Å². The summed E-state index contributed by atoms with van der Waals surface area (Å²) in [5.41, 5.74) is -4.86. The van der Waals surface area contributed by atoms with Crippen LogP contribution in [-0.4, -0.2) is 65.2 Å². The molecule has 3 aromatic carbocycles. The molecule has 0 radical (unpaired) electrons. The maximum absolute atomic E-state index is 14.4. The van der Waals surface area contributed by atoms with Crippen LogP contribution >= 0.6 is 0 Å². The first-order valence-corrected chi connectivity index (χ1v) is 12.8. The fraction of sp³-hybridized carbons (Fsp3) is 0.200. The number of amides is 3. The van der Waals surface area contributed by atoms with Gasteiger partial charge in [0, 0.05) is 38.8 Å². The summed E-state index contributed by atoms with van der Waals surface area (Å²) in [5, 5.41) is 39.9. The first kappa shape index (κ1) is 32.8. The van der Waals surface area contributed by atoms with Gasteiger partial charge in [-0.05, 0) is 60.5 Å².